The number of hydrogen-bond donors (Lipinski definition) is 1. The molecular weight excluding hydrogens is 354 g/mol. The number of aryl methyl sites for hydroxylation is 1. The molecule has 7 nitrogen and oxygen atoms in total. The molecule has 0 aliphatic carbocycles. The first kappa shape index (κ1) is 17.7. The Kier molecular flexibility index (Phi) is 4.72. The monoisotopic (exact) mass is 373 g/mol. The second kappa shape index (κ2) is 7.48. The summed E-state index contributed by atoms with van der Waals surface area (Å²) < 4.78 is 3.14. The molecule has 0 spiro atoms. The fourth-order valence-corrected chi connectivity index (χ4v) is 3.08. The van der Waals surface area contributed by atoms with Crippen LogP contribution in [0.5, 0.6) is 0 Å². The maximum absolute atomic E-state index is 12.8. The number of hydrogen-bond acceptors (Lipinski definition) is 4. The van der Waals surface area contributed by atoms with Crippen molar-refractivity contribution in [3.05, 3.63) is 88.6 Å². The van der Waals surface area contributed by atoms with Crippen LogP contribution in [-0.2, 0) is 13.1 Å². The summed E-state index contributed by atoms with van der Waals surface area (Å²) in [4.78, 5) is 25.3. The number of anilines is 1. The summed E-state index contributed by atoms with van der Waals surface area (Å²) in [5.74, 6) is -0.349. The lowest BCUT2D eigenvalue weighted by Crippen LogP contribution is -2.27. The SMILES string of the molecule is CCn1nc(C(=O)Nc2ccc(Cn3cccn3)cc2)c2ccccc2c1=O. The average molecular weight is 373 g/mol. The van der Waals surface area contributed by atoms with Crippen LogP contribution >= 0.6 is 0 Å². The van der Waals surface area contributed by atoms with E-state index in [2.05, 4.69) is 15.5 Å². The Hall–Kier alpha value is -3.74. The van der Waals surface area contributed by atoms with Crippen LogP contribution in [0, 0.1) is 0 Å². The molecule has 4 rings (SSSR count). The molecular formula is C21H19N5O2. The van der Waals surface area contributed by atoms with E-state index in [1.54, 1.807) is 30.5 Å². The standard InChI is InChI=1S/C21H19N5O2/c1-2-26-21(28)18-7-4-3-6-17(18)19(24-26)20(27)23-16-10-8-15(9-11-16)14-25-13-5-12-22-25/h3-13H,2,14H2,1H3,(H,23,27). The van der Waals surface area contributed by atoms with Crippen LogP contribution in [0.25, 0.3) is 10.8 Å². The molecule has 0 aliphatic heterocycles. The molecule has 2 heterocycles. The molecule has 7 heteroatoms. The van der Waals surface area contributed by atoms with Gasteiger partial charge in [-0.15, -0.1) is 0 Å². The molecule has 2 aromatic heterocycles. The molecule has 28 heavy (non-hydrogen) atoms. The first-order valence-electron chi connectivity index (χ1n) is 9.03. The predicted octanol–water partition coefficient (Wildman–Crippen LogP) is 2.91. The topological polar surface area (TPSA) is 81.8 Å². The summed E-state index contributed by atoms with van der Waals surface area (Å²) in [7, 11) is 0. The van der Waals surface area contributed by atoms with Gasteiger partial charge in [-0.25, -0.2) is 4.68 Å². The second-order valence-corrected chi connectivity index (χ2v) is 6.37. The highest BCUT2D eigenvalue weighted by Gasteiger charge is 2.16. The van der Waals surface area contributed by atoms with Gasteiger partial charge < -0.3 is 5.32 Å². The van der Waals surface area contributed by atoms with Crippen LogP contribution in [0.1, 0.15) is 23.0 Å². The van der Waals surface area contributed by atoms with Gasteiger partial charge in [-0.3, -0.25) is 14.3 Å². The molecule has 0 aliphatic rings. The van der Waals surface area contributed by atoms with E-state index in [0.717, 1.165) is 5.56 Å². The number of carbonyl (C=O) groups excluding carboxylic acids is 1. The minimum atomic E-state index is -0.349. The number of nitrogens with zero attached hydrogens (tertiary/aromatic N) is 4. The lowest BCUT2D eigenvalue weighted by molar-refractivity contribution is 0.102. The molecule has 2 aromatic carbocycles. The highest BCUT2D eigenvalue weighted by atomic mass is 16.2. The predicted molar refractivity (Wildman–Crippen MR) is 107 cm³/mol. The lowest BCUT2D eigenvalue weighted by atomic mass is 10.1. The Bertz CT molecular complexity index is 1180. The van der Waals surface area contributed by atoms with Gasteiger partial charge in [0.1, 0.15) is 0 Å². The van der Waals surface area contributed by atoms with E-state index >= 15 is 0 Å². The van der Waals surface area contributed by atoms with Crippen molar-refractivity contribution >= 4 is 22.4 Å². The van der Waals surface area contributed by atoms with Gasteiger partial charge in [0.25, 0.3) is 11.5 Å². The first-order valence-corrected chi connectivity index (χ1v) is 9.03. The highest BCUT2D eigenvalue weighted by Crippen LogP contribution is 2.16. The van der Waals surface area contributed by atoms with E-state index in [1.807, 2.05) is 48.1 Å². The van der Waals surface area contributed by atoms with E-state index in [9.17, 15) is 9.59 Å². The molecule has 0 fully saturated rings. The molecule has 4 aromatic rings. The number of fused-ring (bicyclic) bond motifs is 1. The van der Waals surface area contributed by atoms with E-state index in [4.69, 9.17) is 0 Å². The first-order chi connectivity index (χ1) is 13.7. The van der Waals surface area contributed by atoms with Crippen LogP contribution in [0.4, 0.5) is 5.69 Å². The number of rotatable bonds is 5. The van der Waals surface area contributed by atoms with Gasteiger partial charge >= 0.3 is 0 Å². The summed E-state index contributed by atoms with van der Waals surface area (Å²) in [5, 5.41) is 12.3. The van der Waals surface area contributed by atoms with E-state index < -0.39 is 0 Å². The minimum Gasteiger partial charge on any atom is -0.321 e. The van der Waals surface area contributed by atoms with E-state index in [0.29, 0.717) is 29.5 Å². The average Bonchev–Trinajstić information content (AvgIpc) is 3.23. The molecule has 0 unspecified atom stereocenters. The van der Waals surface area contributed by atoms with Crippen molar-refractivity contribution in [1.29, 1.82) is 0 Å². The Morgan fingerprint density at radius 1 is 1.04 bits per heavy atom. The van der Waals surface area contributed by atoms with Gasteiger partial charge in [-0.1, -0.05) is 30.3 Å². The largest absolute Gasteiger partial charge is 0.321 e. The van der Waals surface area contributed by atoms with Crippen molar-refractivity contribution in [1.82, 2.24) is 19.6 Å². The van der Waals surface area contributed by atoms with Crippen LogP contribution in [0.3, 0.4) is 0 Å². The summed E-state index contributed by atoms with van der Waals surface area (Å²) >= 11 is 0. The number of benzene rings is 2. The van der Waals surface area contributed by atoms with Crippen LogP contribution in [-0.4, -0.2) is 25.5 Å². The molecule has 0 atom stereocenters. The van der Waals surface area contributed by atoms with Gasteiger partial charge in [0.2, 0.25) is 0 Å². The normalized spacial score (nSPS) is 10.9. The Morgan fingerprint density at radius 2 is 1.79 bits per heavy atom. The number of carbonyl (C=O) groups is 1. The summed E-state index contributed by atoms with van der Waals surface area (Å²) in [6.07, 6.45) is 3.64. The number of amides is 1. The summed E-state index contributed by atoms with van der Waals surface area (Å²) in [6, 6.07) is 16.5. The van der Waals surface area contributed by atoms with Crippen molar-refractivity contribution in [2.45, 2.75) is 20.0 Å². The molecule has 0 saturated carbocycles. The molecule has 0 bridgehead atoms. The zero-order valence-corrected chi connectivity index (χ0v) is 15.4. The third-order valence-electron chi connectivity index (χ3n) is 4.50. The van der Waals surface area contributed by atoms with E-state index in [1.165, 1.54) is 4.68 Å². The maximum atomic E-state index is 12.8. The quantitative estimate of drug-likeness (QED) is 0.583. The van der Waals surface area contributed by atoms with Crippen molar-refractivity contribution in [2.24, 2.45) is 0 Å². The Labute approximate surface area is 161 Å². The molecule has 0 saturated heterocycles. The zero-order chi connectivity index (χ0) is 19.5. The third kappa shape index (κ3) is 3.42. The molecule has 0 radical (unpaired) electrons. The van der Waals surface area contributed by atoms with Crippen LogP contribution in [0.15, 0.2) is 71.8 Å². The third-order valence-corrected chi connectivity index (χ3v) is 4.50. The van der Waals surface area contributed by atoms with Crippen molar-refractivity contribution < 1.29 is 4.79 Å². The lowest BCUT2D eigenvalue weighted by Gasteiger charge is -2.10. The van der Waals surface area contributed by atoms with Gasteiger partial charge in [-0.05, 0) is 36.8 Å². The van der Waals surface area contributed by atoms with Crippen molar-refractivity contribution in [3.8, 4) is 0 Å². The smallest absolute Gasteiger partial charge is 0.276 e. The second-order valence-electron chi connectivity index (χ2n) is 6.37. The fourth-order valence-electron chi connectivity index (χ4n) is 3.08. The van der Waals surface area contributed by atoms with Crippen LogP contribution in [0.2, 0.25) is 0 Å². The molecule has 1 amide bonds. The highest BCUT2D eigenvalue weighted by molar-refractivity contribution is 6.11. The van der Waals surface area contributed by atoms with Gasteiger partial charge in [0.15, 0.2) is 5.69 Å². The van der Waals surface area contributed by atoms with Crippen molar-refractivity contribution in [3.63, 3.8) is 0 Å². The van der Waals surface area contributed by atoms with Gasteiger partial charge in [0, 0.05) is 30.0 Å². The Morgan fingerprint density at radius 3 is 2.46 bits per heavy atom. The van der Waals surface area contributed by atoms with Gasteiger partial charge in [0.05, 0.1) is 11.9 Å². The summed E-state index contributed by atoms with van der Waals surface area (Å²) in [6.45, 7) is 2.88. The zero-order valence-electron chi connectivity index (χ0n) is 15.4. The fraction of sp³-hybridized carbons (Fsp3) is 0.143. The molecule has 140 valence electrons. The number of aromatic nitrogens is 4. The minimum absolute atomic E-state index is 0.197. The van der Waals surface area contributed by atoms with Gasteiger partial charge in [-0.2, -0.15) is 10.2 Å². The Balaban J connectivity index is 1.60. The molecule has 1 N–H and O–H groups in total. The summed E-state index contributed by atoms with van der Waals surface area (Å²) in [5.41, 5.74) is 1.77. The maximum Gasteiger partial charge on any atom is 0.276 e. The number of nitrogens with one attached hydrogen (secondary N) is 1. The van der Waals surface area contributed by atoms with E-state index in [-0.39, 0.29) is 17.2 Å². The van der Waals surface area contributed by atoms with Crippen molar-refractivity contribution in [2.75, 3.05) is 5.32 Å². The van der Waals surface area contributed by atoms with Crippen LogP contribution < -0.4 is 10.9 Å².